The van der Waals surface area contributed by atoms with Crippen LogP contribution in [0.2, 0.25) is 0 Å². The number of phenolic OH excluding ortho intramolecular Hbond substituents is 3. The lowest BCUT2D eigenvalue weighted by molar-refractivity contribution is 0.367. The van der Waals surface area contributed by atoms with Gasteiger partial charge in [-0.25, -0.2) is 4.68 Å². The lowest BCUT2D eigenvalue weighted by atomic mass is 10.1. The molecule has 1 unspecified atom stereocenters. The van der Waals surface area contributed by atoms with E-state index < -0.39 is 11.5 Å². The zero-order valence-electron chi connectivity index (χ0n) is 13.6. The van der Waals surface area contributed by atoms with Crippen molar-refractivity contribution in [3.05, 3.63) is 33.6 Å². The average molecular weight is 335 g/mol. The number of phenols is 3. The van der Waals surface area contributed by atoms with Gasteiger partial charge in [0.2, 0.25) is 10.6 Å². The number of rotatable bonds is 4. The van der Waals surface area contributed by atoms with Gasteiger partial charge in [0.25, 0.3) is 0 Å². The van der Waals surface area contributed by atoms with Crippen LogP contribution in [0.5, 0.6) is 17.2 Å². The maximum Gasteiger partial charge on any atom is 0.206 e. The summed E-state index contributed by atoms with van der Waals surface area (Å²) < 4.78 is 1.69. The van der Waals surface area contributed by atoms with E-state index in [0.29, 0.717) is 11.5 Å². The van der Waals surface area contributed by atoms with Crippen molar-refractivity contribution >= 4 is 17.6 Å². The minimum absolute atomic E-state index is 0.167. The summed E-state index contributed by atoms with van der Waals surface area (Å²) in [5.74, 6) is -0.913. The SMILES string of the molecule is Cc1csc(=NC(C)C(C)C)n1/N=C/c1ccc(O)c(O)c1O. The standard InChI is InChI=1S/C16H21N3O3S/c1-9(2)11(4)18-16-19(10(3)8-23-16)17-7-12-5-6-13(20)15(22)14(12)21/h5-9,11,20-22H,1-4H3/b17-7+,18-16?. The molecule has 0 bridgehead atoms. The second-order valence-corrected chi connectivity index (χ2v) is 6.54. The first kappa shape index (κ1) is 17.1. The predicted molar refractivity (Wildman–Crippen MR) is 91.3 cm³/mol. The highest BCUT2D eigenvalue weighted by atomic mass is 32.1. The number of hydrogen-bond donors (Lipinski definition) is 3. The Morgan fingerprint density at radius 1 is 1.13 bits per heavy atom. The van der Waals surface area contributed by atoms with E-state index in [0.717, 1.165) is 10.5 Å². The molecule has 1 aromatic heterocycles. The number of nitrogens with zero attached hydrogens (tertiary/aromatic N) is 3. The molecule has 0 spiro atoms. The summed E-state index contributed by atoms with van der Waals surface area (Å²) in [6.07, 6.45) is 1.42. The van der Waals surface area contributed by atoms with Gasteiger partial charge in [0.1, 0.15) is 0 Å². The van der Waals surface area contributed by atoms with Crippen LogP contribution in [0.1, 0.15) is 32.0 Å². The fourth-order valence-electron chi connectivity index (χ4n) is 1.75. The summed E-state index contributed by atoms with van der Waals surface area (Å²) in [5.41, 5.74) is 1.23. The Labute approximate surface area is 138 Å². The summed E-state index contributed by atoms with van der Waals surface area (Å²) in [4.78, 5) is 5.43. The van der Waals surface area contributed by atoms with Gasteiger partial charge >= 0.3 is 0 Å². The first-order chi connectivity index (χ1) is 10.8. The van der Waals surface area contributed by atoms with E-state index in [4.69, 9.17) is 0 Å². The zero-order valence-corrected chi connectivity index (χ0v) is 14.4. The van der Waals surface area contributed by atoms with Gasteiger partial charge in [0, 0.05) is 10.9 Å². The Morgan fingerprint density at radius 2 is 1.83 bits per heavy atom. The summed E-state index contributed by atoms with van der Waals surface area (Å²) in [6, 6.07) is 2.94. The quantitative estimate of drug-likeness (QED) is 0.593. The van der Waals surface area contributed by atoms with Gasteiger partial charge in [-0.2, -0.15) is 5.10 Å². The molecule has 0 radical (unpaired) electrons. The fraction of sp³-hybridized carbons (Fsp3) is 0.375. The average Bonchev–Trinajstić information content (AvgIpc) is 2.84. The Morgan fingerprint density at radius 3 is 2.48 bits per heavy atom. The maximum absolute atomic E-state index is 9.83. The van der Waals surface area contributed by atoms with Crippen LogP contribution >= 0.6 is 11.3 Å². The van der Waals surface area contributed by atoms with Crippen LogP contribution in [0, 0.1) is 12.8 Å². The highest BCUT2D eigenvalue weighted by Crippen LogP contribution is 2.36. The summed E-state index contributed by atoms with van der Waals surface area (Å²) >= 11 is 1.50. The predicted octanol–water partition coefficient (Wildman–Crippen LogP) is 2.80. The molecule has 1 atom stereocenters. The Balaban J connectivity index is 2.42. The Hall–Kier alpha value is -2.28. The molecule has 7 heteroatoms. The van der Waals surface area contributed by atoms with Crippen molar-refractivity contribution in [2.24, 2.45) is 16.0 Å². The third-order valence-corrected chi connectivity index (χ3v) is 4.55. The van der Waals surface area contributed by atoms with Crippen LogP contribution in [-0.2, 0) is 0 Å². The first-order valence-corrected chi connectivity index (χ1v) is 8.18. The van der Waals surface area contributed by atoms with Crippen molar-refractivity contribution in [2.45, 2.75) is 33.7 Å². The lowest BCUT2D eigenvalue weighted by Crippen LogP contribution is -2.18. The lowest BCUT2D eigenvalue weighted by Gasteiger charge is -2.09. The van der Waals surface area contributed by atoms with Gasteiger partial charge in [-0.3, -0.25) is 4.99 Å². The van der Waals surface area contributed by atoms with E-state index in [-0.39, 0.29) is 11.8 Å². The highest BCUT2D eigenvalue weighted by molar-refractivity contribution is 7.07. The minimum atomic E-state index is -0.556. The molecule has 23 heavy (non-hydrogen) atoms. The number of benzene rings is 1. The first-order valence-electron chi connectivity index (χ1n) is 7.30. The maximum atomic E-state index is 9.83. The third kappa shape index (κ3) is 3.73. The normalized spacial score (nSPS) is 14.0. The molecule has 6 nitrogen and oxygen atoms in total. The van der Waals surface area contributed by atoms with Crippen molar-refractivity contribution < 1.29 is 15.3 Å². The molecule has 0 saturated heterocycles. The van der Waals surface area contributed by atoms with Crippen LogP contribution < -0.4 is 4.80 Å². The van der Waals surface area contributed by atoms with Gasteiger partial charge in [-0.15, -0.1) is 11.3 Å². The largest absolute Gasteiger partial charge is 0.504 e. The van der Waals surface area contributed by atoms with E-state index in [2.05, 4.69) is 30.9 Å². The zero-order chi connectivity index (χ0) is 17.1. The summed E-state index contributed by atoms with van der Waals surface area (Å²) in [6.45, 7) is 8.19. The van der Waals surface area contributed by atoms with Gasteiger partial charge in [0.05, 0.1) is 18.0 Å². The molecule has 0 saturated carbocycles. The van der Waals surface area contributed by atoms with Gasteiger partial charge < -0.3 is 15.3 Å². The monoisotopic (exact) mass is 335 g/mol. The molecule has 0 aliphatic heterocycles. The van der Waals surface area contributed by atoms with Crippen molar-refractivity contribution in [2.75, 3.05) is 0 Å². The molecule has 3 N–H and O–H groups in total. The molecular weight excluding hydrogens is 314 g/mol. The van der Waals surface area contributed by atoms with E-state index in [1.54, 1.807) is 4.68 Å². The highest BCUT2D eigenvalue weighted by Gasteiger charge is 2.10. The smallest absolute Gasteiger partial charge is 0.206 e. The minimum Gasteiger partial charge on any atom is -0.504 e. The van der Waals surface area contributed by atoms with Crippen molar-refractivity contribution in [3.8, 4) is 17.2 Å². The summed E-state index contributed by atoms with van der Waals surface area (Å²) in [7, 11) is 0. The van der Waals surface area contributed by atoms with Crippen molar-refractivity contribution in [3.63, 3.8) is 0 Å². The summed E-state index contributed by atoms with van der Waals surface area (Å²) in [5, 5.41) is 35.0. The molecule has 0 fully saturated rings. The number of thiazole rings is 1. The van der Waals surface area contributed by atoms with Crippen LogP contribution in [0.25, 0.3) is 0 Å². The molecule has 2 aromatic rings. The number of aryl methyl sites for hydroxylation is 1. The third-order valence-electron chi connectivity index (χ3n) is 3.60. The van der Waals surface area contributed by atoms with Crippen molar-refractivity contribution in [1.82, 2.24) is 4.68 Å². The van der Waals surface area contributed by atoms with Gasteiger partial charge in [-0.05, 0) is 31.9 Å². The van der Waals surface area contributed by atoms with Crippen LogP contribution in [0.15, 0.2) is 27.6 Å². The molecule has 0 aliphatic carbocycles. The fourth-order valence-corrected chi connectivity index (χ4v) is 2.64. The Bertz CT molecular complexity index is 790. The van der Waals surface area contributed by atoms with E-state index in [1.807, 2.05) is 12.3 Å². The second-order valence-electron chi connectivity index (χ2n) is 5.70. The van der Waals surface area contributed by atoms with Gasteiger partial charge in [0.15, 0.2) is 11.5 Å². The number of hydrogen-bond acceptors (Lipinski definition) is 6. The second kappa shape index (κ2) is 6.87. The molecule has 0 aliphatic rings. The number of aromatic nitrogens is 1. The molecular formula is C16H21N3O3S. The van der Waals surface area contributed by atoms with E-state index in [1.165, 1.54) is 29.7 Å². The molecule has 124 valence electrons. The van der Waals surface area contributed by atoms with Crippen LogP contribution in [0.3, 0.4) is 0 Å². The van der Waals surface area contributed by atoms with Crippen molar-refractivity contribution in [1.29, 1.82) is 0 Å². The Kier molecular flexibility index (Phi) is 5.10. The molecule has 1 heterocycles. The topological polar surface area (TPSA) is 90.3 Å². The molecule has 1 aromatic carbocycles. The van der Waals surface area contributed by atoms with E-state index >= 15 is 0 Å². The molecule has 2 rings (SSSR count). The van der Waals surface area contributed by atoms with Crippen LogP contribution in [-0.4, -0.2) is 32.3 Å². The van der Waals surface area contributed by atoms with Gasteiger partial charge in [-0.1, -0.05) is 13.8 Å². The molecule has 0 amide bonds. The van der Waals surface area contributed by atoms with Crippen LogP contribution in [0.4, 0.5) is 0 Å². The van der Waals surface area contributed by atoms with E-state index in [9.17, 15) is 15.3 Å². The number of aromatic hydroxyl groups is 3.